The van der Waals surface area contributed by atoms with Crippen molar-refractivity contribution in [3.05, 3.63) is 0 Å². The molecular formula is C7H15F2N. The van der Waals surface area contributed by atoms with E-state index in [-0.39, 0.29) is 12.5 Å². The van der Waals surface area contributed by atoms with Crippen molar-refractivity contribution < 1.29 is 8.78 Å². The highest BCUT2D eigenvalue weighted by molar-refractivity contribution is 4.78. The van der Waals surface area contributed by atoms with E-state index in [1.165, 1.54) is 0 Å². The third-order valence-electron chi connectivity index (χ3n) is 1.91. The first-order valence-corrected chi connectivity index (χ1v) is 3.40. The zero-order chi connectivity index (χ0) is 8.36. The molecule has 10 heavy (non-hydrogen) atoms. The van der Waals surface area contributed by atoms with Crippen molar-refractivity contribution in [1.29, 1.82) is 0 Å². The van der Waals surface area contributed by atoms with Crippen LogP contribution in [0.5, 0.6) is 0 Å². The fourth-order valence-corrected chi connectivity index (χ4v) is 0.584. The van der Waals surface area contributed by atoms with Gasteiger partial charge in [-0.3, -0.25) is 0 Å². The molecule has 1 atom stereocenters. The van der Waals surface area contributed by atoms with E-state index in [0.717, 1.165) is 0 Å². The fourth-order valence-electron chi connectivity index (χ4n) is 0.584. The van der Waals surface area contributed by atoms with E-state index in [2.05, 4.69) is 0 Å². The number of halogens is 2. The van der Waals surface area contributed by atoms with Crippen LogP contribution in [0.2, 0.25) is 0 Å². The SMILES string of the molecule is C[C@@H](N)C(C)(C)CC(F)F. The van der Waals surface area contributed by atoms with Gasteiger partial charge in [-0.1, -0.05) is 13.8 Å². The quantitative estimate of drug-likeness (QED) is 0.656. The van der Waals surface area contributed by atoms with Gasteiger partial charge in [0, 0.05) is 12.5 Å². The van der Waals surface area contributed by atoms with Gasteiger partial charge in [0.15, 0.2) is 0 Å². The molecule has 0 radical (unpaired) electrons. The van der Waals surface area contributed by atoms with Crippen molar-refractivity contribution in [2.75, 3.05) is 0 Å². The van der Waals surface area contributed by atoms with E-state index in [1.54, 1.807) is 20.8 Å². The number of hydrogen-bond acceptors (Lipinski definition) is 1. The Bertz CT molecular complexity index is 99.8. The highest BCUT2D eigenvalue weighted by Crippen LogP contribution is 2.26. The monoisotopic (exact) mass is 151 g/mol. The Labute approximate surface area is 60.6 Å². The van der Waals surface area contributed by atoms with Gasteiger partial charge in [0.25, 0.3) is 0 Å². The van der Waals surface area contributed by atoms with Crippen LogP contribution in [0.25, 0.3) is 0 Å². The molecule has 0 heterocycles. The summed E-state index contributed by atoms with van der Waals surface area (Å²) >= 11 is 0. The molecule has 0 unspecified atom stereocenters. The molecule has 1 nitrogen and oxygen atoms in total. The molecule has 0 aromatic carbocycles. The van der Waals surface area contributed by atoms with Gasteiger partial charge in [-0.2, -0.15) is 0 Å². The van der Waals surface area contributed by atoms with E-state index in [0.29, 0.717) is 0 Å². The van der Waals surface area contributed by atoms with Crippen LogP contribution >= 0.6 is 0 Å². The van der Waals surface area contributed by atoms with E-state index in [9.17, 15) is 8.78 Å². The second-order valence-corrected chi connectivity index (χ2v) is 3.37. The molecule has 0 saturated heterocycles. The molecule has 0 aliphatic heterocycles. The van der Waals surface area contributed by atoms with Gasteiger partial charge >= 0.3 is 0 Å². The Morgan fingerprint density at radius 1 is 1.40 bits per heavy atom. The number of hydrogen-bond donors (Lipinski definition) is 1. The zero-order valence-electron chi connectivity index (χ0n) is 6.70. The summed E-state index contributed by atoms with van der Waals surface area (Å²) in [4.78, 5) is 0. The minimum absolute atomic E-state index is 0.120. The molecular weight excluding hydrogens is 136 g/mol. The van der Waals surface area contributed by atoms with Gasteiger partial charge in [0.2, 0.25) is 6.43 Å². The third-order valence-corrected chi connectivity index (χ3v) is 1.91. The first kappa shape index (κ1) is 9.82. The van der Waals surface area contributed by atoms with Crippen LogP contribution in [-0.4, -0.2) is 12.5 Å². The fraction of sp³-hybridized carbons (Fsp3) is 1.00. The second kappa shape index (κ2) is 3.28. The Balaban J connectivity index is 3.87. The Kier molecular flexibility index (Phi) is 3.22. The number of alkyl halides is 2. The van der Waals surface area contributed by atoms with Gasteiger partial charge in [0.05, 0.1) is 0 Å². The maximum Gasteiger partial charge on any atom is 0.239 e. The van der Waals surface area contributed by atoms with Gasteiger partial charge < -0.3 is 5.73 Å². The predicted octanol–water partition coefficient (Wildman–Crippen LogP) is 2.02. The van der Waals surface area contributed by atoms with Crippen molar-refractivity contribution in [3.63, 3.8) is 0 Å². The average molecular weight is 151 g/mol. The molecule has 2 N–H and O–H groups in total. The zero-order valence-corrected chi connectivity index (χ0v) is 6.70. The molecule has 0 bridgehead atoms. The van der Waals surface area contributed by atoms with Gasteiger partial charge in [-0.15, -0.1) is 0 Å². The maximum absolute atomic E-state index is 11.8. The second-order valence-electron chi connectivity index (χ2n) is 3.37. The summed E-state index contributed by atoms with van der Waals surface area (Å²) in [6.45, 7) is 5.26. The molecule has 0 saturated carbocycles. The first-order chi connectivity index (χ1) is 4.36. The van der Waals surface area contributed by atoms with E-state index < -0.39 is 11.8 Å². The first-order valence-electron chi connectivity index (χ1n) is 3.40. The van der Waals surface area contributed by atoms with Gasteiger partial charge in [-0.25, -0.2) is 8.78 Å². The molecule has 3 heteroatoms. The molecule has 0 amide bonds. The summed E-state index contributed by atoms with van der Waals surface area (Å²) in [5.74, 6) is 0. The summed E-state index contributed by atoms with van der Waals surface area (Å²) in [7, 11) is 0. The Morgan fingerprint density at radius 2 is 1.80 bits per heavy atom. The van der Waals surface area contributed by atoms with Crippen molar-refractivity contribution in [1.82, 2.24) is 0 Å². The van der Waals surface area contributed by atoms with Crippen LogP contribution in [0, 0.1) is 5.41 Å². The lowest BCUT2D eigenvalue weighted by atomic mass is 9.83. The lowest BCUT2D eigenvalue weighted by Gasteiger charge is -2.28. The lowest BCUT2D eigenvalue weighted by Crippen LogP contribution is -2.35. The molecule has 0 rings (SSSR count). The van der Waals surface area contributed by atoms with Crippen LogP contribution in [0.3, 0.4) is 0 Å². The average Bonchev–Trinajstić information content (AvgIpc) is 1.60. The summed E-state index contributed by atoms with van der Waals surface area (Å²) in [5, 5.41) is 0. The molecule has 62 valence electrons. The minimum atomic E-state index is -2.25. The Morgan fingerprint density at radius 3 is 1.90 bits per heavy atom. The smallest absolute Gasteiger partial charge is 0.239 e. The van der Waals surface area contributed by atoms with Crippen LogP contribution in [-0.2, 0) is 0 Å². The van der Waals surface area contributed by atoms with E-state index >= 15 is 0 Å². The minimum Gasteiger partial charge on any atom is -0.327 e. The molecule has 0 aromatic heterocycles. The van der Waals surface area contributed by atoms with E-state index in [4.69, 9.17) is 5.73 Å². The summed E-state index contributed by atoms with van der Waals surface area (Å²) in [6, 6.07) is -0.179. The standard InChI is InChI=1S/C7H15F2N/c1-5(10)7(2,3)4-6(8)9/h5-6H,4,10H2,1-3H3/t5-/m1/s1. The predicted molar refractivity (Wildman–Crippen MR) is 38.1 cm³/mol. The van der Waals surface area contributed by atoms with Crippen LogP contribution in [0.4, 0.5) is 8.78 Å². The van der Waals surface area contributed by atoms with E-state index in [1.807, 2.05) is 0 Å². The normalized spacial score (nSPS) is 15.9. The van der Waals surface area contributed by atoms with Crippen molar-refractivity contribution in [2.45, 2.75) is 39.7 Å². The van der Waals surface area contributed by atoms with Gasteiger partial charge in [-0.05, 0) is 12.3 Å². The molecule has 0 fully saturated rings. The molecule has 0 aliphatic rings. The van der Waals surface area contributed by atoms with Crippen LogP contribution < -0.4 is 5.73 Å². The summed E-state index contributed by atoms with van der Waals surface area (Å²) in [5.41, 5.74) is 5.03. The van der Waals surface area contributed by atoms with Gasteiger partial charge in [0.1, 0.15) is 0 Å². The molecule has 0 spiro atoms. The highest BCUT2D eigenvalue weighted by Gasteiger charge is 2.26. The lowest BCUT2D eigenvalue weighted by molar-refractivity contribution is 0.0780. The van der Waals surface area contributed by atoms with Crippen LogP contribution in [0.1, 0.15) is 27.2 Å². The topological polar surface area (TPSA) is 26.0 Å². The number of nitrogens with two attached hydrogens (primary N) is 1. The largest absolute Gasteiger partial charge is 0.327 e. The molecule has 0 aliphatic carbocycles. The Hall–Kier alpha value is -0.180. The summed E-state index contributed by atoms with van der Waals surface area (Å²) < 4.78 is 23.7. The van der Waals surface area contributed by atoms with Crippen molar-refractivity contribution >= 4 is 0 Å². The van der Waals surface area contributed by atoms with Crippen LogP contribution in [0.15, 0.2) is 0 Å². The van der Waals surface area contributed by atoms with Crippen molar-refractivity contribution in [3.8, 4) is 0 Å². The maximum atomic E-state index is 11.8. The van der Waals surface area contributed by atoms with Crippen molar-refractivity contribution in [2.24, 2.45) is 11.1 Å². The third kappa shape index (κ3) is 3.11. The molecule has 0 aromatic rings. The highest BCUT2D eigenvalue weighted by atomic mass is 19.3. The summed E-state index contributed by atoms with van der Waals surface area (Å²) in [6.07, 6.45) is -2.37. The number of rotatable bonds is 3.